The molecule has 0 aliphatic rings. The number of para-hydroxylation sites is 1. The molecule has 3 nitrogen and oxygen atoms in total. The van der Waals surface area contributed by atoms with Crippen LogP contribution in [0.15, 0.2) is 60.8 Å². The van der Waals surface area contributed by atoms with Crippen LogP contribution in [0.25, 0.3) is 10.9 Å². The van der Waals surface area contributed by atoms with Crippen molar-refractivity contribution < 1.29 is 0 Å². The van der Waals surface area contributed by atoms with E-state index in [1.807, 2.05) is 32.4 Å². The van der Waals surface area contributed by atoms with Crippen molar-refractivity contribution in [1.82, 2.24) is 4.98 Å². The predicted octanol–water partition coefficient (Wildman–Crippen LogP) is 4.04. The highest BCUT2D eigenvalue weighted by Crippen LogP contribution is 2.25. The Balaban J connectivity index is 1.93. The fraction of sp³-hybridized carbons (Fsp3) is 0.118. The molecular formula is C17H17N3. The first kappa shape index (κ1) is 12.5. The summed E-state index contributed by atoms with van der Waals surface area (Å²) < 4.78 is 0. The number of aromatic nitrogens is 1. The molecule has 0 amide bonds. The summed E-state index contributed by atoms with van der Waals surface area (Å²) in [6.45, 7) is 0. The van der Waals surface area contributed by atoms with E-state index in [1.165, 1.54) is 5.69 Å². The lowest BCUT2D eigenvalue weighted by molar-refractivity contribution is 1.13. The molecule has 20 heavy (non-hydrogen) atoms. The molecular weight excluding hydrogens is 246 g/mol. The highest BCUT2D eigenvalue weighted by molar-refractivity contribution is 5.91. The maximum atomic E-state index is 4.45. The second kappa shape index (κ2) is 5.21. The number of fused-ring (bicyclic) bond motifs is 1. The van der Waals surface area contributed by atoms with Gasteiger partial charge in [-0.2, -0.15) is 0 Å². The van der Waals surface area contributed by atoms with Gasteiger partial charge in [0.1, 0.15) is 0 Å². The lowest BCUT2D eigenvalue weighted by atomic mass is 10.2. The van der Waals surface area contributed by atoms with Gasteiger partial charge in [0, 0.05) is 37.1 Å². The summed E-state index contributed by atoms with van der Waals surface area (Å²) in [4.78, 5) is 6.54. The molecule has 3 aromatic rings. The number of benzene rings is 2. The zero-order valence-corrected chi connectivity index (χ0v) is 11.7. The Morgan fingerprint density at radius 1 is 0.900 bits per heavy atom. The maximum Gasteiger partial charge on any atom is 0.0936 e. The third-order valence-electron chi connectivity index (χ3n) is 3.30. The molecule has 0 aliphatic heterocycles. The molecule has 0 unspecified atom stereocenters. The highest BCUT2D eigenvalue weighted by Gasteiger charge is 2.02. The Kier molecular flexibility index (Phi) is 3.25. The number of pyridine rings is 1. The maximum absolute atomic E-state index is 4.45. The van der Waals surface area contributed by atoms with Crippen molar-refractivity contribution in [2.75, 3.05) is 24.3 Å². The van der Waals surface area contributed by atoms with Crippen LogP contribution in [0.1, 0.15) is 0 Å². The Bertz CT molecular complexity index is 712. The van der Waals surface area contributed by atoms with E-state index in [0.717, 1.165) is 22.3 Å². The fourth-order valence-electron chi connectivity index (χ4n) is 2.20. The number of rotatable bonds is 3. The SMILES string of the molecule is CN(C)c1ccc(Nc2cccc3cccnc23)cc1. The summed E-state index contributed by atoms with van der Waals surface area (Å²) in [6.07, 6.45) is 1.82. The van der Waals surface area contributed by atoms with Crippen LogP contribution < -0.4 is 10.2 Å². The summed E-state index contributed by atoms with van der Waals surface area (Å²) >= 11 is 0. The number of hydrogen-bond acceptors (Lipinski definition) is 3. The van der Waals surface area contributed by atoms with Crippen LogP contribution in [-0.2, 0) is 0 Å². The van der Waals surface area contributed by atoms with Crippen LogP contribution in [0.4, 0.5) is 17.1 Å². The van der Waals surface area contributed by atoms with E-state index in [9.17, 15) is 0 Å². The molecule has 3 rings (SSSR count). The predicted molar refractivity (Wildman–Crippen MR) is 85.8 cm³/mol. The van der Waals surface area contributed by atoms with E-state index in [-0.39, 0.29) is 0 Å². The largest absolute Gasteiger partial charge is 0.378 e. The Hall–Kier alpha value is -2.55. The van der Waals surface area contributed by atoms with E-state index in [1.54, 1.807) is 0 Å². The van der Waals surface area contributed by atoms with Gasteiger partial charge < -0.3 is 10.2 Å². The Morgan fingerprint density at radius 3 is 2.40 bits per heavy atom. The van der Waals surface area contributed by atoms with Crippen molar-refractivity contribution in [1.29, 1.82) is 0 Å². The molecule has 2 aromatic carbocycles. The Labute approximate surface area is 118 Å². The molecule has 0 saturated heterocycles. The van der Waals surface area contributed by atoms with Crippen LogP contribution in [0.2, 0.25) is 0 Å². The topological polar surface area (TPSA) is 28.2 Å². The standard InChI is InChI=1S/C17H17N3/c1-20(2)15-10-8-14(9-11-15)19-16-7-3-5-13-6-4-12-18-17(13)16/h3-12,19H,1-2H3. The molecule has 0 fully saturated rings. The molecule has 0 bridgehead atoms. The van der Waals surface area contributed by atoms with Gasteiger partial charge in [0.25, 0.3) is 0 Å². The van der Waals surface area contributed by atoms with Gasteiger partial charge in [0.2, 0.25) is 0 Å². The number of nitrogens with one attached hydrogen (secondary N) is 1. The van der Waals surface area contributed by atoms with Crippen LogP contribution >= 0.6 is 0 Å². The first-order valence-electron chi connectivity index (χ1n) is 6.62. The molecule has 100 valence electrons. The van der Waals surface area contributed by atoms with E-state index in [4.69, 9.17) is 0 Å². The van der Waals surface area contributed by atoms with E-state index < -0.39 is 0 Å². The highest BCUT2D eigenvalue weighted by atomic mass is 15.1. The average Bonchev–Trinajstić information content (AvgIpc) is 2.48. The molecule has 1 heterocycles. The summed E-state index contributed by atoms with van der Waals surface area (Å²) in [5.41, 5.74) is 4.27. The van der Waals surface area contributed by atoms with Gasteiger partial charge in [-0.1, -0.05) is 18.2 Å². The third-order valence-corrected chi connectivity index (χ3v) is 3.30. The van der Waals surface area contributed by atoms with Crippen LogP contribution in [0.5, 0.6) is 0 Å². The Morgan fingerprint density at radius 2 is 1.65 bits per heavy atom. The smallest absolute Gasteiger partial charge is 0.0936 e. The average molecular weight is 263 g/mol. The van der Waals surface area contributed by atoms with Crippen LogP contribution in [-0.4, -0.2) is 19.1 Å². The van der Waals surface area contributed by atoms with Gasteiger partial charge in [-0.05, 0) is 36.4 Å². The first-order chi connectivity index (χ1) is 9.74. The summed E-state index contributed by atoms with van der Waals surface area (Å²) in [5, 5.41) is 4.57. The molecule has 0 atom stereocenters. The third kappa shape index (κ3) is 2.43. The molecule has 0 radical (unpaired) electrons. The lowest BCUT2D eigenvalue weighted by Gasteiger charge is -2.14. The summed E-state index contributed by atoms with van der Waals surface area (Å²) in [7, 11) is 4.08. The van der Waals surface area contributed by atoms with E-state index in [0.29, 0.717) is 0 Å². The molecule has 1 aromatic heterocycles. The monoisotopic (exact) mass is 263 g/mol. The van der Waals surface area contributed by atoms with Gasteiger partial charge in [-0.25, -0.2) is 0 Å². The van der Waals surface area contributed by atoms with Gasteiger partial charge in [-0.15, -0.1) is 0 Å². The zero-order valence-electron chi connectivity index (χ0n) is 11.7. The second-order valence-electron chi connectivity index (χ2n) is 4.95. The molecule has 3 heteroatoms. The second-order valence-corrected chi connectivity index (χ2v) is 4.95. The lowest BCUT2D eigenvalue weighted by Crippen LogP contribution is -2.08. The minimum atomic E-state index is 0.992. The number of nitrogens with zero attached hydrogens (tertiary/aromatic N) is 2. The van der Waals surface area contributed by atoms with Gasteiger partial charge in [0.05, 0.1) is 11.2 Å². The minimum absolute atomic E-state index is 0.992. The van der Waals surface area contributed by atoms with Crippen molar-refractivity contribution >= 4 is 28.0 Å². The van der Waals surface area contributed by atoms with Gasteiger partial charge in [0.15, 0.2) is 0 Å². The molecule has 0 spiro atoms. The molecule has 1 N–H and O–H groups in total. The minimum Gasteiger partial charge on any atom is -0.378 e. The van der Waals surface area contributed by atoms with Crippen LogP contribution in [0.3, 0.4) is 0 Å². The number of anilines is 3. The van der Waals surface area contributed by atoms with Crippen molar-refractivity contribution in [2.24, 2.45) is 0 Å². The summed E-state index contributed by atoms with van der Waals surface area (Å²) in [6, 6.07) is 18.6. The normalized spacial score (nSPS) is 10.5. The van der Waals surface area contributed by atoms with Crippen molar-refractivity contribution in [3.05, 3.63) is 60.8 Å². The zero-order chi connectivity index (χ0) is 13.9. The number of hydrogen-bond donors (Lipinski definition) is 1. The van der Waals surface area contributed by atoms with Crippen molar-refractivity contribution in [2.45, 2.75) is 0 Å². The van der Waals surface area contributed by atoms with Crippen LogP contribution in [0, 0.1) is 0 Å². The quantitative estimate of drug-likeness (QED) is 0.773. The van der Waals surface area contributed by atoms with Crippen molar-refractivity contribution in [3.8, 4) is 0 Å². The first-order valence-corrected chi connectivity index (χ1v) is 6.62. The van der Waals surface area contributed by atoms with E-state index >= 15 is 0 Å². The van der Waals surface area contributed by atoms with Gasteiger partial charge in [-0.3, -0.25) is 4.98 Å². The molecule has 0 saturated carbocycles. The van der Waals surface area contributed by atoms with E-state index in [2.05, 4.69) is 57.7 Å². The van der Waals surface area contributed by atoms with Crippen molar-refractivity contribution in [3.63, 3.8) is 0 Å². The molecule has 0 aliphatic carbocycles. The summed E-state index contributed by atoms with van der Waals surface area (Å²) in [5.74, 6) is 0. The van der Waals surface area contributed by atoms with Gasteiger partial charge >= 0.3 is 0 Å². The fourth-order valence-corrected chi connectivity index (χ4v) is 2.20.